The number of amides is 1. The van der Waals surface area contributed by atoms with E-state index in [0.29, 0.717) is 6.42 Å². The molecule has 4 heteroatoms. The number of likely N-dealkylation sites (N-methyl/N-ethyl adjacent to an activating group) is 2. The van der Waals surface area contributed by atoms with Crippen molar-refractivity contribution in [3.05, 3.63) is 34.3 Å². The Morgan fingerprint density at radius 2 is 2.00 bits per heavy atom. The molecule has 0 spiro atoms. The molecule has 1 rings (SSSR count). The molecule has 0 atom stereocenters. The van der Waals surface area contributed by atoms with Crippen LogP contribution in [0, 0.1) is 0 Å². The van der Waals surface area contributed by atoms with Crippen molar-refractivity contribution in [3.8, 4) is 0 Å². The van der Waals surface area contributed by atoms with Gasteiger partial charge in [-0.15, -0.1) is 0 Å². The minimum Gasteiger partial charge on any atom is -0.344 e. The van der Waals surface area contributed by atoms with Crippen LogP contribution in [0.15, 0.2) is 28.7 Å². The number of halogens is 1. The van der Waals surface area contributed by atoms with Crippen LogP contribution in [0.25, 0.3) is 0 Å². The lowest BCUT2D eigenvalue weighted by Crippen LogP contribution is -2.33. The summed E-state index contributed by atoms with van der Waals surface area (Å²) in [5, 5.41) is 3.02. The van der Waals surface area contributed by atoms with Gasteiger partial charge in [-0.3, -0.25) is 4.79 Å². The molecule has 0 heterocycles. The minimum atomic E-state index is 0.151. The van der Waals surface area contributed by atoms with Crippen LogP contribution in [0.3, 0.4) is 0 Å². The van der Waals surface area contributed by atoms with Gasteiger partial charge in [0.15, 0.2) is 0 Å². The van der Waals surface area contributed by atoms with E-state index in [1.807, 2.05) is 38.4 Å². The molecule has 0 saturated heterocycles. The van der Waals surface area contributed by atoms with E-state index in [-0.39, 0.29) is 5.91 Å². The number of nitrogens with zero attached hydrogens (tertiary/aromatic N) is 1. The molecule has 88 valence electrons. The highest BCUT2D eigenvalue weighted by molar-refractivity contribution is 9.10. The predicted octanol–water partition coefficient (Wildman–Crippen LogP) is 1.67. The highest BCUT2D eigenvalue weighted by Crippen LogP contribution is 2.11. The topological polar surface area (TPSA) is 32.3 Å². The number of hydrogen-bond donors (Lipinski definition) is 1. The molecule has 0 aromatic heterocycles. The van der Waals surface area contributed by atoms with E-state index in [2.05, 4.69) is 21.2 Å². The van der Waals surface area contributed by atoms with Gasteiger partial charge in [0.05, 0.1) is 6.42 Å². The van der Waals surface area contributed by atoms with E-state index in [1.165, 1.54) is 0 Å². The highest BCUT2D eigenvalue weighted by Gasteiger charge is 2.08. The molecule has 1 aromatic carbocycles. The van der Waals surface area contributed by atoms with Gasteiger partial charge in [0.25, 0.3) is 0 Å². The number of nitrogens with one attached hydrogen (secondary N) is 1. The molecule has 3 nitrogen and oxygen atoms in total. The quantitative estimate of drug-likeness (QED) is 0.892. The molecule has 0 fully saturated rings. The molecule has 0 saturated carbocycles. The molecule has 1 aromatic rings. The average molecular weight is 285 g/mol. The normalized spacial score (nSPS) is 10.2. The van der Waals surface area contributed by atoms with Crippen LogP contribution in [0.5, 0.6) is 0 Å². The van der Waals surface area contributed by atoms with Crippen molar-refractivity contribution in [2.75, 3.05) is 27.2 Å². The summed E-state index contributed by atoms with van der Waals surface area (Å²) in [4.78, 5) is 13.5. The molecule has 0 unspecified atom stereocenters. The summed E-state index contributed by atoms with van der Waals surface area (Å²) in [5.74, 6) is 0.151. The van der Waals surface area contributed by atoms with Gasteiger partial charge in [-0.05, 0) is 24.7 Å². The molecule has 1 N–H and O–H groups in total. The lowest BCUT2D eigenvalue weighted by atomic mass is 10.1. The van der Waals surface area contributed by atoms with Gasteiger partial charge in [-0.2, -0.15) is 0 Å². The molecule has 0 bridgehead atoms. The molecule has 0 aliphatic carbocycles. The minimum absolute atomic E-state index is 0.151. The maximum Gasteiger partial charge on any atom is 0.226 e. The fourth-order valence-electron chi connectivity index (χ4n) is 1.32. The predicted molar refractivity (Wildman–Crippen MR) is 69.4 cm³/mol. The Balaban J connectivity index is 2.47. The summed E-state index contributed by atoms with van der Waals surface area (Å²) in [5.41, 5.74) is 1.05. The third-order valence-electron chi connectivity index (χ3n) is 2.39. The molecular formula is C12H17BrN2O. The molecule has 1 amide bonds. The zero-order valence-electron chi connectivity index (χ0n) is 9.66. The van der Waals surface area contributed by atoms with Crippen LogP contribution in [-0.4, -0.2) is 38.0 Å². The maximum atomic E-state index is 11.8. The van der Waals surface area contributed by atoms with E-state index in [4.69, 9.17) is 0 Å². The zero-order chi connectivity index (χ0) is 12.0. The average Bonchev–Trinajstić information content (AvgIpc) is 2.29. The second-order valence-corrected chi connectivity index (χ2v) is 4.64. The van der Waals surface area contributed by atoms with Crippen molar-refractivity contribution in [2.45, 2.75) is 6.42 Å². The first-order chi connectivity index (χ1) is 7.63. The van der Waals surface area contributed by atoms with E-state index < -0.39 is 0 Å². The Hall–Kier alpha value is -0.870. The largest absolute Gasteiger partial charge is 0.344 e. The van der Waals surface area contributed by atoms with Crippen molar-refractivity contribution in [3.63, 3.8) is 0 Å². The van der Waals surface area contributed by atoms with Crippen molar-refractivity contribution in [2.24, 2.45) is 0 Å². The molecule has 0 aliphatic rings. The third kappa shape index (κ3) is 4.33. The van der Waals surface area contributed by atoms with Crippen LogP contribution in [0.4, 0.5) is 0 Å². The van der Waals surface area contributed by atoms with Gasteiger partial charge in [0.2, 0.25) is 5.91 Å². The number of rotatable bonds is 5. The van der Waals surface area contributed by atoms with Gasteiger partial charge in [0.1, 0.15) is 0 Å². The van der Waals surface area contributed by atoms with Crippen molar-refractivity contribution < 1.29 is 4.79 Å². The zero-order valence-corrected chi connectivity index (χ0v) is 11.3. The van der Waals surface area contributed by atoms with Crippen molar-refractivity contribution >= 4 is 21.8 Å². The summed E-state index contributed by atoms with van der Waals surface area (Å²) in [7, 11) is 3.71. The SMILES string of the molecule is CNCCN(C)C(=O)Cc1ccc(Br)cc1. The van der Waals surface area contributed by atoms with Gasteiger partial charge in [0, 0.05) is 24.6 Å². The van der Waals surface area contributed by atoms with Crippen molar-refractivity contribution in [1.82, 2.24) is 10.2 Å². The Labute approximate surface area is 105 Å². The standard InChI is InChI=1S/C12H17BrN2O/c1-14-7-8-15(2)12(16)9-10-3-5-11(13)6-4-10/h3-6,14H,7-9H2,1-2H3. The van der Waals surface area contributed by atoms with E-state index in [9.17, 15) is 4.79 Å². The van der Waals surface area contributed by atoms with E-state index in [0.717, 1.165) is 23.1 Å². The van der Waals surface area contributed by atoms with Crippen LogP contribution >= 0.6 is 15.9 Å². The number of carbonyl (C=O) groups is 1. The monoisotopic (exact) mass is 284 g/mol. The number of carbonyl (C=O) groups excluding carboxylic acids is 1. The van der Waals surface area contributed by atoms with Gasteiger partial charge < -0.3 is 10.2 Å². The summed E-state index contributed by atoms with van der Waals surface area (Å²) in [6, 6.07) is 7.84. The van der Waals surface area contributed by atoms with Crippen LogP contribution < -0.4 is 5.32 Å². The number of hydrogen-bond acceptors (Lipinski definition) is 2. The lowest BCUT2D eigenvalue weighted by molar-refractivity contribution is -0.129. The van der Waals surface area contributed by atoms with Crippen LogP contribution in [0.2, 0.25) is 0 Å². The second kappa shape index (κ2) is 6.66. The Morgan fingerprint density at radius 1 is 1.38 bits per heavy atom. The first-order valence-corrected chi connectivity index (χ1v) is 6.06. The van der Waals surface area contributed by atoms with E-state index >= 15 is 0 Å². The lowest BCUT2D eigenvalue weighted by Gasteiger charge is -2.16. The van der Waals surface area contributed by atoms with Gasteiger partial charge in [-0.25, -0.2) is 0 Å². The number of benzene rings is 1. The summed E-state index contributed by atoms with van der Waals surface area (Å²) in [6.45, 7) is 1.56. The molecule has 0 aliphatic heterocycles. The van der Waals surface area contributed by atoms with Crippen LogP contribution in [-0.2, 0) is 11.2 Å². The molecule has 0 radical (unpaired) electrons. The van der Waals surface area contributed by atoms with Gasteiger partial charge in [-0.1, -0.05) is 28.1 Å². The summed E-state index contributed by atoms with van der Waals surface area (Å²) in [6.07, 6.45) is 0.466. The first kappa shape index (κ1) is 13.2. The summed E-state index contributed by atoms with van der Waals surface area (Å²) >= 11 is 3.37. The van der Waals surface area contributed by atoms with Gasteiger partial charge >= 0.3 is 0 Å². The smallest absolute Gasteiger partial charge is 0.226 e. The first-order valence-electron chi connectivity index (χ1n) is 5.26. The summed E-state index contributed by atoms with van der Waals surface area (Å²) < 4.78 is 1.03. The highest BCUT2D eigenvalue weighted by atomic mass is 79.9. The Morgan fingerprint density at radius 3 is 2.56 bits per heavy atom. The Bertz CT molecular complexity index is 337. The molecular weight excluding hydrogens is 268 g/mol. The van der Waals surface area contributed by atoms with Crippen LogP contribution in [0.1, 0.15) is 5.56 Å². The second-order valence-electron chi connectivity index (χ2n) is 3.72. The van der Waals surface area contributed by atoms with E-state index in [1.54, 1.807) is 4.90 Å². The fourth-order valence-corrected chi connectivity index (χ4v) is 1.58. The third-order valence-corrected chi connectivity index (χ3v) is 2.92. The maximum absolute atomic E-state index is 11.8. The van der Waals surface area contributed by atoms with Crippen molar-refractivity contribution in [1.29, 1.82) is 0 Å². The fraction of sp³-hybridized carbons (Fsp3) is 0.417. The molecule has 16 heavy (non-hydrogen) atoms. The Kier molecular flexibility index (Phi) is 5.49.